The molecule has 1 aromatic heterocycles. The van der Waals surface area contributed by atoms with E-state index in [0.717, 1.165) is 63.2 Å². The maximum atomic E-state index is 12.9. The molecule has 0 N–H and O–H groups in total. The lowest BCUT2D eigenvalue weighted by molar-refractivity contribution is -0.131. The molecule has 0 unspecified atom stereocenters. The first-order valence-corrected chi connectivity index (χ1v) is 10.9. The summed E-state index contributed by atoms with van der Waals surface area (Å²) in [5.41, 5.74) is 1.70. The SMILES string of the molecule is Cc1cn(CN2CCC(CC(=O)N3CCCC3)CC2)c(=O)n1-c1ccc(Cl)cc1. The Morgan fingerprint density at radius 1 is 1.07 bits per heavy atom. The van der Waals surface area contributed by atoms with Crippen LogP contribution >= 0.6 is 11.6 Å². The minimum atomic E-state index is -0.0313. The Morgan fingerprint density at radius 3 is 2.38 bits per heavy atom. The van der Waals surface area contributed by atoms with Crippen molar-refractivity contribution in [2.45, 2.75) is 45.7 Å². The van der Waals surface area contributed by atoms with Crippen molar-refractivity contribution in [2.75, 3.05) is 26.2 Å². The third-order valence-corrected chi connectivity index (χ3v) is 6.45. The zero-order valence-corrected chi connectivity index (χ0v) is 17.8. The van der Waals surface area contributed by atoms with Gasteiger partial charge in [0.2, 0.25) is 5.91 Å². The minimum absolute atomic E-state index is 0.0313. The van der Waals surface area contributed by atoms with E-state index in [4.69, 9.17) is 11.6 Å². The van der Waals surface area contributed by atoms with Crippen molar-refractivity contribution in [3.05, 3.63) is 51.7 Å². The first-order valence-electron chi connectivity index (χ1n) is 10.6. The molecule has 3 heterocycles. The van der Waals surface area contributed by atoms with Gasteiger partial charge in [0.25, 0.3) is 0 Å². The molecule has 2 aromatic rings. The number of halogens is 1. The summed E-state index contributed by atoms with van der Waals surface area (Å²) in [7, 11) is 0. The lowest BCUT2D eigenvalue weighted by Crippen LogP contribution is -2.39. The second kappa shape index (κ2) is 8.76. The summed E-state index contributed by atoms with van der Waals surface area (Å²) in [4.78, 5) is 29.6. The van der Waals surface area contributed by atoms with Gasteiger partial charge in [-0.1, -0.05) is 11.6 Å². The highest BCUT2D eigenvalue weighted by molar-refractivity contribution is 6.30. The van der Waals surface area contributed by atoms with Crippen LogP contribution in [0.5, 0.6) is 0 Å². The lowest BCUT2D eigenvalue weighted by Gasteiger charge is -2.32. The number of aromatic nitrogens is 2. The van der Waals surface area contributed by atoms with E-state index in [9.17, 15) is 9.59 Å². The molecule has 0 atom stereocenters. The molecule has 1 amide bonds. The van der Waals surface area contributed by atoms with Crippen molar-refractivity contribution >= 4 is 17.5 Å². The van der Waals surface area contributed by atoms with Crippen LogP contribution in [-0.4, -0.2) is 51.0 Å². The maximum absolute atomic E-state index is 12.9. The molecule has 0 radical (unpaired) electrons. The Morgan fingerprint density at radius 2 is 1.72 bits per heavy atom. The van der Waals surface area contributed by atoms with Crippen LogP contribution in [0, 0.1) is 12.8 Å². The maximum Gasteiger partial charge on any atom is 0.334 e. The fourth-order valence-electron chi connectivity index (χ4n) is 4.51. The fourth-order valence-corrected chi connectivity index (χ4v) is 4.64. The molecule has 2 saturated heterocycles. The largest absolute Gasteiger partial charge is 0.343 e. The van der Waals surface area contributed by atoms with Gasteiger partial charge in [-0.05, 0) is 62.8 Å². The normalized spacial score (nSPS) is 18.5. The van der Waals surface area contributed by atoms with Crippen molar-refractivity contribution in [1.82, 2.24) is 18.9 Å². The van der Waals surface area contributed by atoms with E-state index in [1.54, 1.807) is 21.3 Å². The highest BCUT2D eigenvalue weighted by Gasteiger charge is 2.25. The number of carbonyl (C=O) groups excluding carboxylic acids is 1. The zero-order chi connectivity index (χ0) is 20.4. The molecule has 156 valence electrons. The van der Waals surface area contributed by atoms with Gasteiger partial charge in [-0.25, -0.2) is 4.79 Å². The number of likely N-dealkylation sites (tertiary alicyclic amines) is 2. The summed E-state index contributed by atoms with van der Waals surface area (Å²) in [6.45, 7) is 6.26. The molecule has 0 bridgehead atoms. The number of nitrogens with zero attached hydrogens (tertiary/aromatic N) is 4. The predicted molar refractivity (Wildman–Crippen MR) is 115 cm³/mol. The number of hydrogen-bond donors (Lipinski definition) is 0. The summed E-state index contributed by atoms with van der Waals surface area (Å²) >= 11 is 5.97. The highest BCUT2D eigenvalue weighted by atomic mass is 35.5. The summed E-state index contributed by atoms with van der Waals surface area (Å²) in [5, 5.41) is 0.657. The number of amides is 1. The molecule has 0 saturated carbocycles. The van der Waals surface area contributed by atoms with Crippen molar-refractivity contribution in [3.8, 4) is 5.69 Å². The van der Waals surface area contributed by atoms with Crippen molar-refractivity contribution in [2.24, 2.45) is 5.92 Å². The fraction of sp³-hybridized carbons (Fsp3) is 0.545. The van der Waals surface area contributed by atoms with Gasteiger partial charge in [0.1, 0.15) is 0 Å². The zero-order valence-electron chi connectivity index (χ0n) is 17.0. The summed E-state index contributed by atoms with van der Waals surface area (Å²) in [6, 6.07) is 7.33. The molecule has 2 fully saturated rings. The van der Waals surface area contributed by atoms with Crippen LogP contribution in [0.4, 0.5) is 0 Å². The number of piperidine rings is 1. The first-order chi connectivity index (χ1) is 14.0. The second-order valence-electron chi connectivity index (χ2n) is 8.33. The average molecular weight is 417 g/mol. The number of hydrogen-bond acceptors (Lipinski definition) is 3. The second-order valence-corrected chi connectivity index (χ2v) is 8.77. The molecule has 1 aromatic carbocycles. The average Bonchev–Trinajstić information content (AvgIpc) is 3.34. The number of benzene rings is 1. The highest BCUT2D eigenvalue weighted by Crippen LogP contribution is 2.23. The van der Waals surface area contributed by atoms with Gasteiger partial charge < -0.3 is 4.90 Å². The summed E-state index contributed by atoms with van der Waals surface area (Å²) in [5.74, 6) is 0.796. The molecule has 29 heavy (non-hydrogen) atoms. The molecule has 6 nitrogen and oxygen atoms in total. The van der Waals surface area contributed by atoms with Gasteiger partial charge in [0, 0.05) is 49.5 Å². The third-order valence-electron chi connectivity index (χ3n) is 6.20. The minimum Gasteiger partial charge on any atom is -0.343 e. The van der Waals surface area contributed by atoms with E-state index < -0.39 is 0 Å². The van der Waals surface area contributed by atoms with Crippen molar-refractivity contribution in [1.29, 1.82) is 0 Å². The number of rotatable bonds is 5. The van der Waals surface area contributed by atoms with Crippen LogP contribution in [0.25, 0.3) is 5.69 Å². The topological polar surface area (TPSA) is 50.5 Å². The van der Waals surface area contributed by atoms with Gasteiger partial charge in [0.05, 0.1) is 12.4 Å². The Bertz CT molecular complexity index is 904. The van der Waals surface area contributed by atoms with E-state index in [1.165, 1.54) is 0 Å². The van der Waals surface area contributed by atoms with Crippen LogP contribution in [0.15, 0.2) is 35.3 Å². The van der Waals surface area contributed by atoms with Gasteiger partial charge in [-0.2, -0.15) is 0 Å². The molecule has 7 heteroatoms. The molecule has 0 aliphatic carbocycles. The molecule has 4 rings (SSSR count). The van der Waals surface area contributed by atoms with Crippen molar-refractivity contribution in [3.63, 3.8) is 0 Å². The first kappa shape index (κ1) is 20.2. The predicted octanol–water partition coefficient (Wildman–Crippen LogP) is 3.28. The summed E-state index contributed by atoms with van der Waals surface area (Å²) < 4.78 is 3.50. The third kappa shape index (κ3) is 4.59. The Hall–Kier alpha value is -2.05. The van der Waals surface area contributed by atoms with Gasteiger partial charge >= 0.3 is 5.69 Å². The van der Waals surface area contributed by atoms with Crippen LogP contribution in [-0.2, 0) is 11.5 Å². The van der Waals surface area contributed by atoms with Crippen LogP contribution in [0.2, 0.25) is 5.02 Å². The van der Waals surface area contributed by atoms with Crippen LogP contribution < -0.4 is 5.69 Å². The monoisotopic (exact) mass is 416 g/mol. The number of aryl methyl sites for hydroxylation is 1. The van der Waals surface area contributed by atoms with Gasteiger partial charge in [-0.15, -0.1) is 0 Å². The molecular formula is C22H29ClN4O2. The Labute approximate surface area is 176 Å². The number of carbonyl (C=O) groups is 1. The van der Waals surface area contributed by atoms with Crippen LogP contribution in [0.1, 0.15) is 37.8 Å². The van der Waals surface area contributed by atoms with E-state index >= 15 is 0 Å². The van der Waals surface area contributed by atoms with Crippen LogP contribution in [0.3, 0.4) is 0 Å². The van der Waals surface area contributed by atoms with Gasteiger partial charge in [0.15, 0.2) is 0 Å². The van der Waals surface area contributed by atoms with E-state index in [-0.39, 0.29) is 5.69 Å². The smallest absolute Gasteiger partial charge is 0.334 e. The van der Waals surface area contributed by atoms with Gasteiger partial charge in [-0.3, -0.25) is 18.8 Å². The standard InChI is InChI=1S/C22H29ClN4O2/c1-17-15-26(22(29)27(17)20-6-4-19(23)5-7-20)16-24-12-8-18(9-13-24)14-21(28)25-10-2-3-11-25/h4-7,15,18H,2-3,8-14,16H2,1H3. The van der Waals surface area contributed by atoms with E-state index in [2.05, 4.69) is 4.90 Å². The molecule has 0 spiro atoms. The van der Waals surface area contributed by atoms with E-state index in [0.29, 0.717) is 29.9 Å². The summed E-state index contributed by atoms with van der Waals surface area (Å²) in [6.07, 6.45) is 6.93. The van der Waals surface area contributed by atoms with E-state index in [1.807, 2.05) is 30.2 Å². The lowest BCUT2D eigenvalue weighted by atomic mass is 9.93. The molecule has 2 aliphatic heterocycles. The van der Waals surface area contributed by atoms with Crippen molar-refractivity contribution < 1.29 is 4.79 Å². The molecular weight excluding hydrogens is 388 g/mol. The molecule has 2 aliphatic rings. The number of imidazole rings is 1. The Balaban J connectivity index is 1.35. The Kier molecular flexibility index (Phi) is 6.11. The quantitative estimate of drug-likeness (QED) is 0.751.